The standard InChI is InChI=1S/C13H13ClFNO4/c14-12-9(2-1-3-10(12)15)13(19)16-4-5-20-8(7-16)6-11(17)18/h1-3,8H,4-7H2,(H,17,18)/t8-/m1/s1. The third-order valence-corrected chi connectivity index (χ3v) is 3.39. The normalized spacial score (nSPS) is 18.9. The van der Waals surface area contributed by atoms with E-state index in [1.165, 1.54) is 23.1 Å². The van der Waals surface area contributed by atoms with Crippen LogP contribution in [-0.2, 0) is 9.53 Å². The van der Waals surface area contributed by atoms with Gasteiger partial charge in [-0.2, -0.15) is 0 Å². The number of morpholine rings is 1. The minimum Gasteiger partial charge on any atom is -0.481 e. The first-order valence-electron chi connectivity index (χ1n) is 6.05. The van der Waals surface area contributed by atoms with Crippen LogP contribution in [0, 0.1) is 5.82 Å². The highest BCUT2D eigenvalue weighted by molar-refractivity contribution is 6.34. The SMILES string of the molecule is O=C(O)C[C@@H]1CN(C(=O)c2cccc(F)c2Cl)CCO1. The Kier molecular flexibility index (Phi) is 4.57. The molecule has 1 saturated heterocycles. The number of halogens is 2. The van der Waals surface area contributed by atoms with E-state index in [0.717, 1.165) is 0 Å². The van der Waals surface area contributed by atoms with E-state index in [-0.39, 0.29) is 30.2 Å². The molecule has 0 aliphatic carbocycles. The molecule has 1 N–H and O–H groups in total. The molecule has 1 amide bonds. The molecule has 0 unspecified atom stereocenters. The van der Waals surface area contributed by atoms with Gasteiger partial charge >= 0.3 is 5.97 Å². The number of nitrogens with zero attached hydrogens (tertiary/aromatic N) is 1. The largest absolute Gasteiger partial charge is 0.481 e. The fourth-order valence-corrected chi connectivity index (χ4v) is 2.27. The second-order valence-corrected chi connectivity index (χ2v) is 4.82. The second-order valence-electron chi connectivity index (χ2n) is 4.44. The zero-order valence-electron chi connectivity index (χ0n) is 10.5. The third-order valence-electron chi connectivity index (χ3n) is 3.01. The van der Waals surface area contributed by atoms with Crippen molar-refractivity contribution in [2.75, 3.05) is 19.7 Å². The molecule has 2 rings (SSSR count). The minimum absolute atomic E-state index is 0.0719. The molecule has 0 spiro atoms. The van der Waals surface area contributed by atoms with Gasteiger partial charge in [0.15, 0.2) is 0 Å². The average molecular weight is 302 g/mol. The maximum absolute atomic E-state index is 13.4. The summed E-state index contributed by atoms with van der Waals surface area (Å²) < 4.78 is 18.6. The fourth-order valence-electron chi connectivity index (χ4n) is 2.06. The van der Waals surface area contributed by atoms with Crippen molar-refractivity contribution < 1.29 is 23.8 Å². The van der Waals surface area contributed by atoms with Gasteiger partial charge in [0.2, 0.25) is 0 Å². The zero-order valence-corrected chi connectivity index (χ0v) is 11.3. The highest BCUT2D eigenvalue weighted by atomic mass is 35.5. The lowest BCUT2D eigenvalue weighted by molar-refractivity contribution is -0.141. The molecule has 0 aromatic heterocycles. The molecular formula is C13H13ClFNO4. The Balaban J connectivity index is 2.12. The molecule has 1 aliphatic rings. The van der Waals surface area contributed by atoms with Crippen LogP contribution >= 0.6 is 11.6 Å². The number of carbonyl (C=O) groups excluding carboxylic acids is 1. The lowest BCUT2D eigenvalue weighted by atomic mass is 10.1. The van der Waals surface area contributed by atoms with E-state index >= 15 is 0 Å². The molecule has 20 heavy (non-hydrogen) atoms. The second kappa shape index (κ2) is 6.19. The van der Waals surface area contributed by atoms with Crippen molar-refractivity contribution in [3.63, 3.8) is 0 Å². The number of carboxylic acid groups (broad SMARTS) is 1. The van der Waals surface area contributed by atoms with Gasteiger partial charge in [0.25, 0.3) is 5.91 Å². The average Bonchev–Trinajstić information content (AvgIpc) is 2.41. The Morgan fingerprint density at radius 3 is 2.95 bits per heavy atom. The van der Waals surface area contributed by atoms with Crippen molar-refractivity contribution >= 4 is 23.5 Å². The molecular weight excluding hydrogens is 289 g/mol. The van der Waals surface area contributed by atoms with Crippen LogP contribution in [0.4, 0.5) is 4.39 Å². The zero-order chi connectivity index (χ0) is 14.7. The van der Waals surface area contributed by atoms with Crippen LogP contribution in [0.1, 0.15) is 16.8 Å². The van der Waals surface area contributed by atoms with E-state index in [4.69, 9.17) is 21.4 Å². The number of hydrogen-bond donors (Lipinski definition) is 1. The Hall–Kier alpha value is -1.66. The van der Waals surface area contributed by atoms with E-state index in [2.05, 4.69) is 0 Å². The van der Waals surface area contributed by atoms with Crippen molar-refractivity contribution in [3.05, 3.63) is 34.6 Å². The number of carbonyl (C=O) groups is 2. The Labute approximate surface area is 119 Å². The van der Waals surface area contributed by atoms with E-state index in [0.29, 0.717) is 6.54 Å². The molecule has 0 radical (unpaired) electrons. The first kappa shape index (κ1) is 14.7. The first-order valence-corrected chi connectivity index (χ1v) is 6.43. The molecule has 0 bridgehead atoms. The highest BCUT2D eigenvalue weighted by Crippen LogP contribution is 2.22. The van der Waals surface area contributed by atoms with Crippen LogP contribution in [0.2, 0.25) is 5.02 Å². The number of amides is 1. The summed E-state index contributed by atoms with van der Waals surface area (Å²) in [6.07, 6.45) is -0.738. The van der Waals surface area contributed by atoms with Crippen molar-refractivity contribution in [2.24, 2.45) is 0 Å². The molecule has 1 aromatic carbocycles. The Bertz CT molecular complexity index is 537. The third kappa shape index (κ3) is 3.26. The summed E-state index contributed by atoms with van der Waals surface area (Å²) >= 11 is 5.78. The van der Waals surface area contributed by atoms with Crippen LogP contribution in [0.25, 0.3) is 0 Å². The first-order chi connectivity index (χ1) is 9.49. The Morgan fingerprint density at radius 1 is 1.50 bits per heavy atom. The molecule has 108 valence electrons. The number of ether oxygens (including phenoxy) is 1. The van der Waals surface area contributed by atoms with E-state index < -0.39 is 23.8 Å². The number of rotatable bonds is 3. The number of aliphatic carboxylic acids is 1. The van der Waals surface area contributed by atoms with Gasteiger partial charge in [0, 0.05) is 13.1 Å². The van der Waals surface area contributed by atoms with Crippen molar-refractivity contribution in [2.45, 2.75) is 12.5 Å². The summed E-state index contributed by atoms with van der Waals surface area (Å²) in [5, 5.41) is 8.51. The molecule has 1 aliphatic heterocycles. The van der Waals surface area contributed by atoms with Gasteiger partial charge in [-0.1, -0.05) is 17.7 Å². The Morgan fingerprint density at radius 2 is 2.25 bits per heavy atom. The van der Waals surface area contributed by atoms with Crippen molar-refractivity contribution in [1.82, 2.24) is 4.90 Å². The van der Waals surface area contributed by atoms with Gasteiger partial charge in [-0.3, -0.25) is 9.59 Å². The van der Waals surface area contributed by atoms with Gasteiger partial charge in [-0.05, 0) is 12.1 Å². The molecule has 7 heteroatoms. The summed E-state index contributed by atoms with van der Waals surface area (Å²) in [5.41, 5.74) is 0.0719. The molecule has 5 nitrogen and oxygen atoms in total. The molecule has 1 atom stereocenters. The van der Waals surface area contributed by atoms with Crippen LogP contribution in [-0.4, -0.2) is 47.7 Å². The lowest BCUT2D eigenvalue weighted by Gasteiger charge is -2.32. The van der Waals surface area contributed by atoms with Gasteiger partial charge in [0.1, 0.15) is 5.82 Å². The maximum Gasteiger partial charge on any atom is 0.306 e. The van der Waals surface area contributed by atoms with E-state index in [9.17, 15) is 14.0 Å². The summed E-state index contributed by atoms with van der Waals surface area (Å²) in [7, 11) is 0. The van der Waals surface area contributed by atoms with Crippen molar-refractivity contribution in [3.8, 4) is 0 Å². The molecule has 1 heterocycles. The minimum atomic E-state index is -0.993. The number of carboxylic acids is 1. The van der Waals surface area contributed by atoms with Gasteiger partial charge in [-0.15, -0.1) is 0 Å². The van der Waals surface area contributed by atoms with Gasteiger partial charge < -0.3 is 14.7 Å². The van der Waals surface area contributed by atoms with Gasteiger partial charge in [-0.25, -0.2) is 4.39 Å². The summed E-state index contributed by atoms with van der Waals surface area (Å²) in [6, 6.07) is 4.02. The van der Waals surface area contributed by atoms with E-state index in [1.807, 2.05) is 0 Å². The maximum atomic E-state index is 13.4. The van der Waals surface area contributed by atoms with Crippen molar-refractivity contribution in [1.29, 1.82) is 0 Å². The summed E-state index contributed by atoms with van der Waals surface area (Å²) in [4.78, 5) is 24.4. The summed E-state index contributed by atoms with van der Waals surface area (Å²) in [5.74, 6) is -2.07. The van der Waals surface area contributed by atoms with Crippen LogP contribution in [0.5, 0.6) is 0 Å². The summed E-state index contributed by atoms with van der Waals surface area (Å²) in [6.45, 7) is 0.719. The number of hydrogen-bond acceptors (Lipinski definition) is 3. The van der Waals surface area contributed by atoms with E-state index in [1.54, 1.807) is 0 Å². The molecule has 1 fully saturated rings. The number of benzene rings is 1. The van der Waals surface area contributed by atoms with Crippen LogP contribution in [0.15, 0.2) is 18.2 Å². The topological polar surface area (TPSA) is 66.8 Å². The fraction of sp³-hybridized carbons (Fsp3) is 0.385. The predicted octanol–water partition coefficient (Wildman–Crippen LogP) is 1.79. The molecule has 0 saturated carbocycles. The van der Waals surface area contributed by atoms with Gasteiger partial charge in [0.05, 0.1) is 29.7 Å². The predicted molar refractivity (Wildman–Crippen MR) is 69.3 cm³/mol. The highest BCUT2D eigenvalue weighted by Gasteiger charge is 2.28. The molecule has 1 aromatic rings. The van der Waals surface area contributed by atoms with Crippen LogP contribution < -0.4 is 0 Å². The van der Waals surface area contributed by atoms with Crippen LogP contribution in [0.3, 0.4) is 0 Å². The smallest absolute Gasteiger partial charge is 0.306 e. The monoisotopic (exact) mass is 301 g/mol. The lowest BCUT2D eigenvalue weighted by Crippen LogP contribution is -2.46. The quantitative estimate of drug-likeness (QED) is 0.924.